The van der Waals surface area contributed by atoms with E-state index >= 15 is 0 Å². The molecule has 0 aliphatic carbocycles. The minimum Gasteiger partial charge on any atom is -0.367 e. The molecule has 1 heterocycles. The van der Waals surface area contributed by atoms with Crippen LogP contribution in [0.25, 0.3) is 0 Å². The van der Waals surface area contributed by atoms with Crippen LogP contribution in [0.3, 0.4) is 0 Å². The second-order valence-electron chi connectivity index (χ2n) is 4.41. The fourth-order valence-corrected chi connectivity index (χ4v) is 2.22. The van der Waals surface area contributed by atoms with E-state index in [0.717, 1.165) is 6.42 Å². The normalized spacial score (nSPS) is 18.5. The average Bonchev–Trinajstić information content (AvgIpc) is 2.76. The van der Waals surface area contributed by atoms with Gasteiger partial charge < -0.3 is 10.2 Å². The summed E-state index contributed by atoms with van der Waals surface area (Å²) in [6, 6.07) is 6.43. The number of anilines is 1. The van der Waals surface area contributed by atoms with Crippen LogP contribution in [0.1, 0.15) is 18.9 Å². The van der Waals surface area contributed by atoms with Gasteiger partial charge in [0.2, 0.25) is 5.91 Å². The van der Waals surface area contributed by atoms with Crippen molar-refractivity contribution in [3.05, 3.63) is 29.6 Å². The van der Waals surface area contributed by atoms with E-state index in [1.54, 1.807) is 12.1 Å². The molecule has 1 atom stereocenters. The standard InChI is InChI=1S/C13H14FN3O/c1-9(18)16-11-4-5-17(8-11)13-3-2-10(7-15)6-12(13)14/h2-3,6,11H,4-5,8H2,1H3,(H,16,18). The number of carbonyl (C=O) groups is 1. The van der Waals surface area contributed by atoms with Crippen LogP contribution in [-0.4, -0.2) is 25.0 Å². The highest BCUT2D eigenvalue weighted by molar-refractivity contribution is 5.73. The van der Waals surface area contributed by atoms with Gasteiger partial charge in [-0.25, -0.2) is 4.39 Å². The number of nitrogens with zero attached hydrogens (tertiary/aromatic N) is 2. The quantitative estimate of drug-likeness (QED) is 0.859. The van der Waals surface area contributed by atoms with Gasteiger partial charge >= 0.3 is 0 Å². The first-order valence-corrected chi connectivity index (χ1v) is 5.82. The highest BCUT2D eigenvalue weighted by atomic mass is 19.1. The molecule has 94 valence electrons. The van der Waals surface area contributed by atoms with Gasteiger partial charge in [0.05, 0.1) is 17.3 Å². The SMILES string of the molecule is CC(=O)NC1CCN(c2ccc(C#N)cc2F)C1. The molecule has 1 N–H and O–H groups in total. The van der Waals surface area contributed by atoms with Crippen LogP contribution in [0.5, 0.6) is 0 Å². The molecule has 0 bridgehead atoms. The largest absolute Gasteiger partial charge is 0.367 e. The van der Waals surface area contributed by atoms with Crippen molar-refractivity contribution < 1.29 is 9.18 Å². The Morgan fingerprint density at radius 3 is 3.00 bits per heavy atom. The van der Waals surface area contributed by atoms with Gasteiger partial charge in [0.15, 0.2) is 0 Å². The Kier molecular flexibility index (Phi) is 3.47. The van der Waals surface area contributed by atoms with Gasteiger partial charge in [0.1, 0.15) is 5.82 Å². The lowest BCUT2D eigenvalue weighted by Crippen LogP contribution is -2.35. The molecule has 0 radical (unpaired) electrons. The summed E-state index contributed by atoms with van der Waals surface area (Å²) >= 11 is 0. The van der Waals surface area contributed by atoms with Crippen molar-refractivity contribution in [2.24, 2.45) is 0 Å². The van der Waals surface area contributed by atoms with Gasteiger partial charge in [-0.15, -0.1) is 0 Å². The Hall–Kier alpha value is -2.09. The number of benzene rings is 1. The molecule has 1 aromatic carbocycles. The van der Waals surface area contributed by atoms with E-state index in [1.807, 2.05) is 11.0 Å². The lowest BCUT2D eigenvalue weighted by molar-refractivity contribution is -0.119. The lowest BCUT2D eigenvalue weighted by Gasteiger charge is -2.19. The summed E-state index contributed by atoms with van der Waals surface area (Å²) in [6.07, 6.45) is 0.805. The first kappa shape index (κ1) is 12.4. The predicted molar refractivity (Wildman–Crippen MR) is 65.5 cm³/mol. The third kappa shape index (κ3) is 2.59. The molecule has 1 saturated heterocycles. The highest BCUT2D eigenvalue weighted by Crippen LogP contribution is 2.24. The van der Waals surface area contributed by atoms with Crippen molar-refractivity contribution in [3.8, 4) is 6.07 Å². The maximum atomic E-state index is 13.8. The van der Waals surface area contributed by atoms with Crippen molar-refractivity contribution in [2.75, 3.05) is 18.0 Å². The van der Waals surface area contributed by atoms with E-state index in [9.17, 15) is 9.18 Å². The Morgan fingerprint density at radius 1 is 1.61 bits per heavy atom. The molecule has 0 aromatic heterocycles. The van der Waals surface area contributed by atoms with Crippen molar-refractivity contribution in [3.63, 3.8) is 0 Å². The Morgan fingerprint density at radius 2 is 2.39 bits per heavy atom. The number of carbonyl (C=O) groups excluding carboxylic acids is 1. The van der Waals surface area contributed by atoms with Gasteiger partial charge in [0.25, 0.3) is 0 Å². The predicted octanol–water partition coefficient (Wildman–Crippen LogP) is 1.41. The molecule has 1 amide bonds. The van der Waals surface area contributed by atoms with Crippen LogP contribution >= 0.6 is 0 Å². The maximum Gasteiger partial charge on any atom is 0.217 e. The monoisotopic (exact) mass is 247 g/mol. The van der Waals surface area contributed by atoms with Crippen molar-refractivity contribution in [1.29, 1.82) is 5.26 Å². The van der Waals surface area contributed by atoms with E-state index in [0.29, 0.717) is 24.3 Å². The molecule has 1 fully saturated rings. The van der Waals surface area contributed by atoms with Crippen LogP contribution < -0.4 is 10.2 Å². The van der Waals surface area contributed by atoms with Crippen LogP contribution in [0.15, 0.2) is 18.2 Å². The molecule has 2 rings (SSSR count). The van der Waals surface area contributed by atoms with Crippen LogP contribution in [0, 0.1) is 17.1 Å². The molecule has 5 heteroatoms. The van der Waals surface area contributed by atoms with Crippen LogP contribution in [-0.2, 0) is 4.79 Å². The fraction of sp³-hybridized carbons (Fsp3) is 0.385. The van der Waals surface area contributed by atoms with E-state index in [-0.39, 0.29) is 11.9 Å². The van der Waals surface area contributed by atoms with E-state index in [2.05, 4.69) is 5.32 Å². The fourth-order valence-electron chi connectivity index (χ4n) is 2.22. The number of amides is 1. The summed E-state index contributed by atoms with van der Waals surface area (Å²) in [6.45, 7) is 2.78. The first-order valence-electron chi connectivity index (χ1n) is 5.82. The van der Waals surface area contributed by atoms with Crippen LogP contribution in [0.2, 0.25) is 0 Å². The highest BCUT2D eigenvalue weighted by Gasteiger charge is 2.24. The maximum absolute atomic E-state index is 13.8. The molecule has 1 aromatic rings. The second-order valence-corrected chi connectivity index (χ2v) is 4.41. The molecule has 4 nitrogen and oxygen atoms in total. The zero-order chi connectivity index (χ0) is 13.1. The molecule has 1 aliphatic rings. The zero-order valence-electron chi connectivity index (χ0n) is 10.1. The molecule has 1 aliphatic heterocycles. The second kappa shape index (κ2) is 5.05. The third-order valence-corrected chi connectivity index (χ3v) is 3.01. The Balaban J connectivity index is 2.10. The smallest absolute Gasteiger partial charge is 0.217 e. The zero-order valence-corrected chi connectivity index (χ0v) is 10.1. The molecule has 0 spiro atoms. The summed E-state index contributed by atoms with van der Waals surface area (Å²) in [5, 5.41) is 11.5. The average molecular weight is 247 g/mol. The summed E-state index contributed by atoms with van der Waals surface area (Å²) in [5.74, 6) is -0.459. The van der Waals surface area contributed by atoms with Gasteiger partial charge in [0, 0.05) is 26.1 Å². The number of hydrogen-bond acceptors (Lipinski definition) is 3. The van der Waals surface area contributed by atoms with Crippen molar-refractivity contribution >= 4 is 11.6 Å². The number of nitriles is 1. The van der Waals surface area contributed by atoms with Gasteiger partial charge in [-0.05, 0) is 24.6 Å². The van der Waals surface area contributed by atoms with Crippen LogP contribution in [0.4, 0.5) is 10.1 Å². The Bertz CT molecular complexity index is 509. The van der Waals surface area contributed by atoms with E-state index in [4.69, 9.17) is 5.26 Å². The topological polar surface area (TPSA) is 56.1 Å². The summed E-state index contributed by atoms with van der Waals surface area (Å²) in [7, 11) is 0. The molecule has 1 unspecified atom stereocenters. The Labute approximate surface area is 105 Å². The number of hydrogen-bond donors (Lipinski definition) is 1. The number of halogens is 1. The number of rotatable bonds is 2. The molecule has 18 heavy (non-hydrogen) atoms. The van der Waals surface area contributed by atoms with Gasteiger partial charge in [-0.1, -0.05) is 0 Å². The molecular weight excluding hydrogens is 233 g/mol. The van der Waals surface area contributed by atoms with Gasteiger partial charge in [-0.3, -0.25) is 4.79 Å². The summed E-state index contributed by atoms with van der Waals surface area (Å²) in [4.78, 5) is 12.8. The van der Waals surface area contributed by atoms with Gasteiger partial charge in [-0.2, -0.15) is 5.26 Å². The van der Waals surface area contributed by atoms with Crippen molar-refractivity contribution in [1.82, 2.24) is 5.32 Å². The van der Waals surface area contributed by atoms with E-state index in [1.165, 1.54) is 13.0 Å². The van der Waals surface area contributed by atoms with E-state index < -0.39 is 5.82 Å². The first-order chi connectivity index (χ1) is 8.60. The molecule has 0 saturated carbocycles. The number of nitrogens with one attached hydrogen (secondary N) is 1. The van der Waals surface area contributed by atoms with Crippen molar-refractivity contribution in [2.45, 2.75) is 19.4 Å². The minimum absolute atomic E-state index is 0.0672. The lowest BCUT2D eigenvalue weighted by atomic mass is 10.2. The summed E-state index contributed by atoms with van der Waals surface area (Å²) in [5.41, 5.74) is 0.802. The minimum atomic E-state index is -0.391. The summed E-state index contributed by atoms with van der Waals surface area (Å²) < 4.78 is 13.8. The molecular formula is C13H14FN3O. The third-order valence-electron chi connectivity index (χ3n) is 3.01.